The van der Waals surface area contributed by atoms with Crippen molar-refractivity contribution in [2.24, 2.45) is 0 Å². The normalized spacial score (nSPS) is 16.7. The maximum absolute atomic E-state index is 13.0. The summed E-state index contributed by atoms with van der Waals surface area (Å²) in [5.41, 5.74) is 1.02. The van der Waals surface area contributed by atoms with E-state index >= 15 is 0 Å². The third-order valence-corrected chi connectivity index (χ3v) is 5.95. The van der Waals surface area contributed by atoms with E-state index in [4.69, 9.17) is 0 Å². The first-order chi connectivity index (χ1) is 12.2. The van der Waals surface area contributed by atoms with Gasteiger partial charge in [-0.05, 0) is 31.2 Å². The number of nitrogens with zero attached hydrogens (tertiary/aromatic N) is 2. The minimum Gasteiger partial charge on any atom is -0.368 e. The van der Waals surface area contributed by atoms with Crippen molar-refractivity contribution in [2.75, 3.05) is 43.4 Å². The monoisotopic (exact) mass is 381 g/mol. The number of rotatable bonds is 7. The highest BCUT2D eigenvalue weighted by Gasteiger charge is 2.21. The van der Waals surface area contributed by atoms with Crippen molar-refractivity contribution in [3.8, 4) is 0 Å². The van der Waals surface area contributed by atoms with Gasteiger partial charge in [0.05, 0.1) is 0 Å². The van der Waals surface area contributed by atoms with Gasteiger partial charge in [-0.2, -0.15) is 11.8 Å². The highest BCUT2D eigenvalue weighted by molar-refractivity contribution is 8.00. The molecule has 0 aromatic heterocycles. The fourth-order valence-electron chi connectivity index (χ4n) is 2.88. The Bertz CT molecular complexity index is 565. The molecule has 1 aromatic carbocycles. The van der Waals surface area contributed by atoms with Crippen molar-refractivity contribution >= 4 is 23.4 Å². The second-order valence-corrected chi connectivity index (χ2v) is 9.72. The Hall–Kier alpha value is -1.27. The van der Waals surface area contributed by atoms with E-state index in [9.17, 15) is 9.18 Å². The summed E-state index contributed by atoms with van der Waals surface area (Å²) < 4.78 is 13.3. The topological polar surface area (TPSA) is 35.6 Å². The summed E-state index contributed by atoms with van der Waals surface area (Å²) in [5.74, 6) is 1.05. The van der Waals surface area contributed by atoms with Crippen molar-refractivity contribution in [2.45, 2.75) is 44.9 Å². The molecule has 1 atom stereocenters. The van der Waals surface area contributed by atoms with Crippen LogP contribution in [0.1, 0.15) is 34.1 Å². The number of benzene rings is 1. The number of anilines is 1. The van der Waals surface area contributed by atoms with Gasteiger partial charge in [0.25, 0.3) is 0 Å². The standard InChI is InChI=1S/C20H32FN3OS/c1-16(15-26-20(2,3)4)22-10-9-19(25)24-13-11-23(12-14-24)18-7-5-17(21)6-8-18/h5-8,16,22H,9-15H2,1-4H3. The van der Waals surface area contributed by atoms with Crippen molar-refractivity contribution in [3.63, 3.8) is 0 Å². The quantitative estimate of drug-likeness (QED) is 0.785. The van der Waals surface area contributed by atoms with E-state index in [1.54, 1.807) is 12.1 Å². The molecular weight excluding hydrogens is 349 g/mol. The molecule has 1 amide bonds. The molecule has 0 aliphatic carbocycles. The van der Waals surface area contributed by atoms with Gasteiger partial charge in [0, 0.05) is 61.4 Å². The van der Waals surface area contributed by atoms with Gasteiger partial charge in [0.1, 0.15) is 5.82 Å². The van der Waals surface area contributed by atoms with Crippen molar-refractivity contribution < 1.29 is 9.18 Å². The number of carbonyl (C=O) groups is 1. The number of carbonyl (C=O) groups excluding carboxylic acids is 1. The lowest BCUT2D eigenvalue weighted by Crippen LogP contribution is -2.49. The molecule has 1 saturated heterocycles. The molecule has 0 saturated carbocycles. The average molecular weight is 382 g/mol. The van der Waals surface area contributed by atoms with Gasteiger partial charge in [0.15, 0.2) is 0 Å². The molecule has 146 valence electrons. The zero-order chi connectivity index (χ0) is 19.2. The molecule has 26 heavy (non-hydrogen) atoms. The van der Waals surface area contributed by atoms with Crippen LogP contribution in [-0.2, 0) is 4.79 Å². The number of halogens is 1. The first kappa shape index (κ1) is 21.0. The summed E-state index contributed by atoms with van der Waals surface area (Å²) in [6.07, 6.45) is 0.543. The predicted octanol–water partition coefficient (Wildman–Crippen LogP) is 3.37. The van der Waals surface area contributed by atoms with Gasteiger partial charge < -0.3 is 15.1 Å². The minimum atomic E-state index is -0.217. The van der Waals surface area contributed by atoms with Gasteiger partial charge in [-0.1, -0.05) is 20.8 Å². The molecule has 1 N–H and O–H groups in total. The van der Waals surface area contributed by atoms with Gasteiger partial charge in [-0.3, -0.25) is 4.79 Å². The molecule has 1 fully saturated rings. The number of thioether (sulfide) groups is 1. The van der Waals surface area contributed by atoms with E-state index in [1.165, 1.54) is 12.1 Å². The summed E-state index contributed by atoms with van der Waals surface area (Å²) in [7, 11) is 0. The lowest BCUT2D eigenvalue weighted by Gasteiger charge is -2.36. The SMILES string of the molecule is CC(CSC(C)(C)C)NCCC(=O)N1CCN(c2ccc(F)cc2)CC1. The number of nitrogens with one attached hydrogen (secondary N) is 1. The van der Waals surface area contributed by atoms with Crippen LogP contribution in [0.15, 0.2) is 24.3 Å². The van der Waals surface area contributed by atoms with E-state index in [0.717, 1.165) is 44.2 Å². The van der Waals surface area contributed by atoms with Crippen molar-refractivity contribution in [1.82, 2.24) is 10.2 Å². The summed E-state index contributed by atoms with van der Waals surface area (Å²) >= 11 is 1.94. The number of amides is 1. The third kappa shape index (κ3) is 7.16. The molecule has 1 aromatic rings. The molecule has 0 bridgehead atoms. The van der Waals surface area contributed by atoms with Crippen LogP contribution >= 0.6 is 11.8 Å². The van der Waals surface area contributed by atoms with Gasteiger partial charge in [-0.15, -0.1) is 0 Å². The maximum Gasteiger partial charge on any atom is 0.223 e. The van der Waals surface area contributed by atoms with Crippen LogP contribution in [0.5, 0.6) is 0 Å². The van der Waals surface area contributed by atoms with E-state index in [2.05, 4.69) is 37.9 Å². The molecule has 0 radical (unpaired) electrons. The molecule has 1 unspecified atom stereocenters. The highest BCUT2D eigenvalue weighted by Crippen LogP contribution is 2.23. The Labute approximate surface area is 161 Å². The molecule has 1 heterocycles. The predicted molar refractivity (Wildman–Crippen MR) is 109 cm³/mol. The number of hydrogen-bond acceptors (Lipinski definition) is 4. The lowest BCUT2D eigenvalue weighted by molar-refractivity contribution is -0.131. The molecule has 0 spiro atoms. The van der Waals surface area contributed by atoms with Crippen LogP contribution in [0.3, 0.4) is 0 Å². The van der Waals surface area contributed by atoms with E-state index in [-0.39, 0.29) is 16.5 Å². The Balaban J connectivity index is 1.66. The average Bonchev–Trinajstić information content (AvgIpc) is 2.60. The second kappa shape index (κ2) is 9.60. The number of piperazine rings is 1. The summed E-state index contributed by atoms with van der Waals surface area (Å²) in [4.78, 5) is 16.5. The smallest absolute Gasteiger partial charge is 0.223 e. The van der Waals surface area contributed by atoms with Gasteiger partial charge >= 0.3 is 0 Å². The molecule has 2 rings (SSSR count). The van der Waals surface area contributed by atoms with Crippen LogP contribution in [-0.4, -0.2) is 60.1 Å². The Morgan fingerprint density at radius 3 is 2.38 bits per heavy atom. The fourth-order valence-corrected chi connectivity index (χ4v) is 3.75. The van der Waals surface area contributed by atoms with Crippen molar-refractivity contribution in [3.05, 3.63) is 30.1 Å². The second-order valence-electron chi connectivity index (χ2n) is 7.87. The minimum absolute atomic E-state index is 0.215. The third-order valence-electron chi connectivity index (χ3n) is 4.42. The van der Waals surface area contributed by atoms with Crippen LogP contribution in [0.2, 0.25) is 0 Å². The lowest BCUT2D eigenvalue weighted by atomic mass is 10.2. The molecule has 4 nitrogen and oxygen atoms in total. The molecule has 6 heteroatoms. The Morgan fingerprint density at radius 2 is 1.81 bits per heavy atom. The van der Waals surface area contributed by atoms with Crippen molar-refractivity contribution in [1.29, 1.82) is 0 Å². The maximum atomic E-state index is 13.0. The van der Waals surface area contributed by atoms with Crippen LogP contribution < -0.4 is 10.2 Å². The Kier molecular flexibility index (Phi) is 7.77. The first-order valence-electron chi connectivity index (χ1n) is 9.40. The zero-order valence-electron chi connectivity index (χ0n) is 16.4. The zero-order valence-corrected chi connectivity index (χ0v) is 17.2. The van der Waals surface area contributed by atoms with Gasteiger partial charge in [0.2, 0.25) is 5.91 Å². The number of hydrogen-bond donors (Lipinski definition) is 1. The van der Waals surface area contributed by atoms with E-state index in [1.807, 2.05) is 16.7 Å². The van der Waals surface area contributed by atoms with E-state index in [0.29, 0.717) is 12.5 Å². The highest BCUT2D eigenvalue weighted by atomic mass is 32.2. The molecule has 1 aliphatic heterocycles. The van der Waals surface area contributed by atoms with Crippen LogP contribution in [0.4, 0.5) is 10.1 Å². The summed E-state index contributed by atoms with van der Waals surface area (Å²) in [6, 6.07) is 6.97. The summed E-state index contributed by atoms with van der Waals surface area (Å²) in [6.45, 7) is 12.6. The largest absolute Gasteiger partial charge is 0.368 e. The van der Waals surface area contributed by atoms with E-state index < -0.39 is 0 Å². The molecular formula is C20H32FN3OS. The van der Waals surface area contributed by atoms with Crippen LogP contribution in [0, 0.1) is 5.82 Å². The summed E-state index contributed by atoms with van der Waals surface area (Å²) in [5, 5.41) is 3.45. The molecule has 1 aliphatic rings. The fraction of sp³-hybridized carbons (Fsp3) is 0.650. The van der Waals surface area contributed by atoms with Crippen LogP contribution in [0.25, 0.3) is 0 Å². The first-order valence-corrected chi connectivity index (χ1v) is 10.4. The Morgan fingerprint density at radius 1 is 1.19 bits per heavy atom. The van der Waals surface area contributed by atoms with Gasteiger partial charge in [-0.25, -0.2) is 4.39 Å².